The summed E-state index contributed by atoms with van der Waals surface area (Å²) >= 11 is 0. The standard InChI is InChI=1S/C20H27N3O2/c1-13(2)19(23-11-14(3)25-15(4)12-23)20(24)22-17-9-16-7-5-6-8-18(16)21-10-17/h5-10,13-15,19H,11-12H2,1-4H3,(H,22,24)/t14-,15+,19-/m0/s1. The Balaban J connectivity index is 1.78. The molecule has 2 heterocycles. The van der Waals surface area contributed by atoms with E-state index in [-0.39, 0.29) is 30.1 Å². The molecule has 1 fully saturated rings. The fourth-order valence-electron chi connectivity index (χ4n) is 3.69. The number of anilines is 1. The van der Waals surface area contributed by atoms with E-state index in [9.17, 15) is 4.79 Å². The average molecular weight is 341 g/mol. The van der Waals surface area contributed by atoms with Gasteiger partial charge in [-0.05, 0) is 31.9 Å². The number of hydrogen-bond acceptors (Lipinski definition) is 4. The Morgan fingerprint density at radius 3 is 2.60 bits per heavy atom. The average Bonchev–Trinajstić information content (AvgIpc) is 2.53. The van der Waals surface area contributed by atoms with Gasteiger partial charge in [0.05, 0.1) is 35.7 Å². The number of carbonyl (C=O) groups is 1. The highest BCUT2D eigenvalue weighted by Crippen LogP contribution is 2.21. The van der Waals surface area contributed by atoms with Crippen molar-refractivity contribution in [1.82, 2.24) is 9.88 Å². The first-order chi connectivity index (χ1) is 11.9. The number of aromatic nitrogens is 1. The zero-order chi connectivity index (χ0) is 18.0. The van der Waals surface area contributed by atoms with Gasteiger partial charge in [0, 0.05) is 18.5 Å². The van der Waals surface area contributed by atoms with Crippen molar-refractivity contribution >= 4 is 22.5 Å². The van der Waals surface area contributed by atoms with E-state index in [0.717, 1.165) is 29.7 Å². The van der Waals surface area contributed by atoms with Gasteiger partial charge in [-0.3, -0.25) is 14.7 Å². The van der Waals surface area contributed by atoms with Crippen LogP contribution >= 0.6 is 0 Å². The zero-order valence-corrected chi connectivity index (χ0v) is 15.4. The second-order valence-electron chi connectivity index (χ2n) is 7.31. The smallest absolute Gasteiger partial charge is 0.242 e. The summed E-state index contributed by atoms with van der Waals surface area (Å²) in [5.74, 6) is 0.235. The molecule has 25 heavy (non-hydrogen) atoms. The number of pyridine rings is 1. The first kappa shape index (κ1) is 17.8. The highest BCUT2D eigenvalue weighted by atomic mass is 16.5. The Bertz CT molecular complexity index is 737. The predicted molar refractivity (Wildman–Crippen MR) is 101 cm³/mol. The van der Waals surface area contributed by atoms with E-state index in [4.69, 9.17) is 4.74 Å². The number of nitrogens with one attached hydrogen (secondary N) is 1. The highest BCUT2D eigenvalue weighted by molar-refractivity contribution is 5.96. The summed E-state index contributed by atoms with van der Waals surface area (Å²) in [4.78, 5) is 19.7. The van der Waals surface area contributed by atoms with Crippen LogP contribution in [-0.2, 0) is 9.53 Å². The molecule has 0 radical (unpaired) electrons. The van der Waals surface area contributed by atoms with Crippen molar-refractivity contribution in [2.24, 2.45) is 5.92 Å². The van der Waals surface area contributed by atoms with Gasteiger partial charge in [-0.1, -0.05) is 32.0 Å². The molecule has 1 aliphatic heterocycles. The van der Waals surface area contributed by atoms with Crippen LogP contribution in [0.4, 0.5) is 5.69 Å². The van der Waals surface area contributed by atoms with Gasteiger partial charge < -0.3 is 10.1 Å². The summed E-state index contributed by atoms with van der Waals surface area (Å²) in [7, 11) is 0. The van der Waals surface area contributed by atoms with Crippen LogP contribution in [0.2, 0.25) is 0 Å². The molecule has 1 N–H and O–H groups in total. The maximum atomic E-state index is 13.0. The number of amides is 1. The molecule has 3 rings (SSSR count). The summed E-state index contributed by atoms with van der Waals surface area (Å²) in [5.41, 5.74) is 1.67. The summed E-state index contributed by atoms with van der Waals surface area (Å²) < 4.78 is 5.81. The van der Waals surface area contributed by atoms with Gasteiger partial charge in [0.1, 0.15) is 0 Å². The van der Waals surface area contributed by atoms with E-state index in [2.05, 4.69) is 42.9 Å². The summed E-state index contributed by atoms with van der Waals surface area (Å²) in [6.45, 7) is 9.85. The van der Waals surface area contributed by atoms with Gasteiger partial charge in [-0.25, -0.2) is 0 Å². The fraction of sp³-hybridized carbons (Fsp3) is 0.500. The van der Waals surface area contributed by atoms with Crippen LogP contribution in [0.25, 0.3) is 10.9 Å². The molecule has 134 valence electrons. The lowest BCUT2D eigenvalue weighted by Gasteiger charge is -2.41. The molecule has 0 spiro atoms. The Morgan fingerprint density at radius 1 is 1.24 bits per heavy atom. The number of nitrogens with zero attached hydrogens (tertiary/aromatic N) is 2. The molecule has 1 aromatic carbocycles. The van der Waals surface area contributed by atoms with Gasteiger partial charge in [0.25, 0.3) is 0 Å². The molecule has 0 unspecified atom stereocenters. The lowest BCUT2D eigenvalue weighted by molar-refractivity contribution is -0.130. The Morgan fingerprint density at radius 2 is 1.92 bits per heavy atom. The van der Waals surface area contributed by atoms with Crippen molar-refractivity contribution in [3.05, 3.63) is 36.5 Å². The van der Waals surface area contributed by atoms with Crippen LogP contribution in [0.15, 0.2) is 36.5 Å². The van der Waals surface area contributed by atoms with Crippen LogP contribution < -0.4 is 5.32 Å². The fourth-order valence-corrected chi connectivity index (χ4v) is 3.69. The molecule has 1 aliphatic rings. The lowest BCUT2D eigenvalue weighted by Crippen LogP contribution is -2.55. The van der Waals surface area contributed by atoms with Crippen LogP contribution in [0.3, 0.4) is 0 Å². The van der Waals surface area contributed by atoms with E-state index in [1.165, 1.54) is 0 Å². The summed E-state index contributed by atoms with van der Waals surface area (Å²) in [5, 5.41) is 4.08. The van der Waals surface area contributed by atoms with Gasteiger partial charge in [0.15, 0.2) is 0 Å². The molecular formula is C20H27N3O2. The summed E-state index contributed by atoms with van der Waals surface area (Å²) in [6, 6.07) is 9.70. The van der Waals surface area contributed by atoms with Crippen molar-refractivity contribution in [3.63, 3.8) is 0 Å². The van der Waals surface area contributed by atoms with Crippen molar-refractivity contribution in [2.75, 3.05) is 18.4 Å². The molecule has 0 saturated carbocycles. The topological polar surface area (TPSA) is 54.5 Å². The molecule has 5 nitrogen and oxygen atoms in total. The van der Waals surface area contributed by atoms with Gasteiger partial charge in [-0.15, -0.1) is 0 Å². The third-order valence-corrected chi connectivity index (χ3v) is 4.60. The maximum Gasteiger partial charge on any atom is 0.242 e. The lowest BCUT2D eigenvalue weighted by atomic mass is 9.99. The van der Waals surface area contributed by atoms with Crippen molar-refractivity contribution in [3.8, 4) is 0 Å². The number of carbonyl (C=O) groups excluding carboxylic acids is 1. The minimum atomic E-state index is -0.180. The van der Waals surface area contributed by atoms with Crippen LogP contribution in [0, 0.1) is 5.92 Å². The van der Waals surface area contributed by atoms with E-state index in [0.29, 0.717) is 0 Å². The van der Waals surface area contributed by atoms with Crippen molar-refractivity contribution in [1.29, 1.82) is 0 Å². The molecular weight excluding hydrogens is 314 g/mol. The predicted octanol–water partition coefficient (Wildman–Crippen LogP) is 3.31. The van der Waals surface area contributed by atoms with E-state index in [1.54, 1.807) is 6.20 Å². The number of rotatable bonds is 4. The molecule has 2 aromatic rings. The van der Waals surface area contributed by atoms with E-state index in [1.807, 2.05) is 30.3 Å². The number of fused-ring (bicyclic) bond motifs is 1. The highest BCUT2D eigenvalue weighted by Gasteiger charge is 2.34. The van der Waals surface area contributed by atoms with Crippen LogP contribution in [0.5, 0.6) is 0 Å². The van der Waals surface area contributed by atoms with Crippen LogP contribution in [0.1, 0.15) is 27.7 Å². The maximum absolute atomic E-state index is 13.0. The van der Waals surface area contributed by atoms with Crippen LogP contribution in [-0.4, -0.2) is 47.1 Å². The summed E-state index contributed by atoms with van der Waals surface area (Å²) in [6.07, 6.45) is 2.00. The normalized spacial score (nSPS) is 22.9. The first-order valence-corrected chi connectivity index (χ1v) is 8.99. The molecule has 1 amide bonds. The third kappa shape index (κ3) is 4.17. The molecule has 1 aromatic heterocycles. The quantitative estimate of drug-likeness (QED) is 0.927. The Labute approximate surface area is 149 Å². The number of hydrogen-bond donors (Lipinski definition) is 1. The largest absolute Gasteiger partial charge is 0.373 e. The molecule has 0 aliphatic carbocycles. The number of ether oxygens (including phenoxy) is 1. The second kappa shape index (κ2) is 7.50. The van der Waals surface area contributed by atoms with Crippen molar-refractivity contribution < 1.29 is 9.53 Å². The zero-order valence-electron chi connectivity index (χ0n) is 15.4. The first-order valence-electron chi connectivity index (χ1n) is 8.99. The monoisotopic (exact) mass is 341 g/mol. The van der Waals surface area contributed by atoms with Gasteiger partial charge in [0.2, 0.25) is 5.91 Å². The van der Waals surface area contributed by atoms with Crippen molar-refractivity contribution in [2.45, 2.75) is 45.9 Å². The molecule has 1 saturated heterocycles. The molecule has 3 atom stereocenters. The Kier molecular flexibility index (Phi) is 5.35. The van der Waals surface area contributed by atoms with Gasteiger partial charge in [-0.2, -0.15) is 0 Å². The van der Waals surface area contributed by atoms with E-state index >= 15 is 0 Å². The van der Waals surface area contributed by atoms with Gasteiger partial charge >= 0.3 is 0 Å². The second-order valence-corrected chi connectivity index (χ2v) is 7.31. The number of benzene rings is 1. The Hall–Kier alpha value is -1.98. The number of para-hydroxylation sites is 1. The van der Waals surface area contributed by atoms with E-state index < -0.39 is 0 Å². The molecule has 5 heteroatoms. The number of morpholine rings is 1. The third-order valence-electron chi connectivity index (χ3n) is 4.60. The minimum absolute atomic E-state index is 0.0216. The molecule has 0 bridgehead atoms. The SMILES string of the molecule is CC(C)[C@@H](C(=O)Nc1cnc2ccccc2c1)N1C[C@@H](C)O[C@@H](C)C1. The minimum Gasteiger partial charge on any atom is -0.373 e.